The SMILES string of the molecule is O=S(=O)(c1ccccc1)N(C[C@@H](O)C[NH+]1CCCCC1)c1cc(Cl)ccc1Cl. The summed E-state index contributed by atoms with van der Waals surface area (Å²) in [6.07, 6.45) is 2.66. The molecule has 2 N–H and O–H groups in total. The van der Waals surface area contributed by atoms with Crippen LogP contribution >= 0.6 is 23.2 Å². The van der Waals surface area contributed by atoms with E-state index in [4.69, 9.17) is 23.2 Å². The molecule has 1 heterocycles. The fourth-order valence-electron chi connectivity index (χ4n) is 3.57. The van der Waals surface area contributed by atoms with Crippen LogP contribution in [0.4, 0.5) is 5.69 Å². The van der Waals surface area contributed by atoms with Crippen LogP contribution in [0.3, 0.4) is 0 Å². The van der Waals surface area contributed by atoms with Crippen molar-refractivity contribution in [3.63, 3.8) is 0 Å². The number of nitrogens with zero attached hydrogens (tertiary/aromatic N) is 1. The van der Waals surface area contributed by atoms with E-state index < -0.39 is 16.1 Å². The maximum Gasteiger partial charge on any atom is 0.264 e. The second-order valence-electron chi connectivity index (χ2n) is 7.11. The molecule has 1 atom stereocenters. The van der Waals surface area contributed by atoms with Crippen molar-refractivity contribution in [3.05, 3.63) is 58.6 Å². The molecule has 0 spiro atoms. The van der Waals surface area contributed by atoms with E-state index in [0.717, 1.165) is 25.9 Å². The Labute approximate surface area is 176 Å². The molecule has 0 radical (unpaired) electrons. The molecule has 28 heavy (non-hydrogen) atoms. The number of anilines is 1. The third kappa shape index (κ3) is 5.19. The Hall–Kier alpha value is -1.31. The monoisotopic (exact) mass is 443 g/mol. The van der Waals surface area contributed by atoms with Crippen LogP contribution in [0.2, 0.25) is 10.0 Å². The first kappa shape index (κ1) is 21.4. The van der Waals surface area contributed by atoms with Crippen LogP contribution in [0, 0.1) is 0 Å². The molecule has 3 rings (SSSR count). The van der Waals surface area contributed by atoms with E-state index >= 15 is 0 Å². The van der Waals surface area contributed by atoms with Crippen molar-refractivity contribution < 1.29 is 18.4 Å². The van der Waals surface area contributed by atoms with Gasteiger partial charge in [-0.25, -0.2) is 8.42 Å². The quantitative estimate of drug-likeness (QED) is 0.691. The Bertz CT molecular complexity index is 888. The minimum Gasteiger partial charge on any atom is -0.385 e. The molecule has 5 nitrogen and oxygen atoms in total. The maximum atomic E-state index is 13.3. The third-order valence-electron chi connectivity index (χ3n) is 4.97. The van der Waals surface area contributed by atoms with Crippen LogP contribution in [0.1, 0.15) is 19.3 Å². The smallest absolute Gasteiger partial charge is 0.264 e. The molecular formula is C20H25Cl2N2O3S+. The Kier molecular flexibility index (Phi) is 7.23. The van der Waals surface area contributed by atoms with E-state index in [-0.39, 0.29) is 22.2 Å². The van der Waals surface area contributed by atoms with E-state index in [9.17, 15) is 13.5 Å². The summed E-state index contributed by atoms with van der Waals surface area (Å²) in [6, 6.07) is 12.8. The van der Waals surface area contributed by atoms with E-state index in [1.165, 1.54) is 33.8 Å². The van der Waals surface area contributed by atoms with Crippen LogP contribution in [0.25, 0.3) is 0 Å². The number of halogens is 2. The first-order valence-corrected chi connectivity index (χ1v) is 11.6. The van der Waals surface area contributed by atoms with Gasteiger partial charge in [-0.3, -0.25) is 4.31 Å². The van der Waals surface area contributed by atoms with Crippen molar-refractivity contribution in [1.29, 1.82) is 0 Å². The minimum absolute atomic E-state index is 0.0825. The lowest BCUT2D eigenvalue weighted by molar-refractivity contribution is -0.907. The zero-order valence-corrected chi connectivity index (χ0v) is 17.8. The van der Waals surface area contributed by atoms with Gasteiger partial charge in [-0.15, -0.1) is 0 Å². The summed E-state index contributed by atoms with van der Waals surface area (Å²) in [4.78, 5) is 1.44. The Morgan fingerprint density at radius 2 is 1.71 bits per heavy atom. The summed E-state index contributed by atoms with van der Waals surface area (Å²) < 4.78 is 27.8. The van der Waals surface area contributed by atoms with Crippen molar-refractivity contribution in [2.45, 2.75) is 30.3 Å². The number of hydrogen-bond acceptors (Lipinski definition) is 3. The molecule has 0 saturated carbocycles. The number of benzene rings is 2. The van der Waals surface area contributed by atoms with Crippen molar-refractivity contribution >= 4 is 38.9 Å². The highest BCUT2D eigenvalue weighted by atomic mass is 35.5. The molecule has 1 aliphatic heterocycles. The minimum atomic E-state index is -3.91. The number of likely N-dealkylation sites (tertiary alicyclic amines) is 1. The number of quaternary nitrogens is 1. The van der Waals surface area contributed by atoms with Gasteiger partial charge in [0.1, 0.15) is 12.6 Å². The van der Waals surface area contributed by atoms with Gasteiger partial charge in [-0.2, -0.15) is 0 Å². The van der Waals surface area contributed by atoms with E-state index in [1.807, 2.05) is 0 Å². The predicted molar refractivity (Wildman–Crippen MR) is 113 cm³/mol. The number of piperidine rings is 1. The molecule has 0 amide bonds. The fourth-order valence-corrected chi connectivity index (χ4v) is 5.54. The van der Waals surface area contributed by atoms with Crippen LogP contribution in [0.5, 0.6) is 0 Å². The van der Waals surface area contributed by atoms with Crippen LogP contribution in [0.15, 0.2) is 53.4 Å². The number of sulfonamides is 1. The molecule has 1 saturated heterocycles. The van der Waals surface area contributed by atoms with Gasteiger partial charge in [-0.05, 0) is 49.6 Å². The Morgan fingerprint density at radius 3 is 2.39 bits per heavy atom. The van der Waals surface area contributed by atoms with Crippen molar-refractivity contribution in [2.24, 2.45) is 0 Å². The molecule has 0 unspecified atom stereocenters. The molecule has 0 bridgehead atoms. The molecule has 2 aromatic rings. The van der Waals surface area contributed by atoms with Gasteiger partial charge in [0.2, 0.25) is 0 Å². The average molecular weight is 444 g/mol. The number of nitrogens with one attached hydrogen (secondary N) is 1. The lowest BCUT2D eigenvalue weighted by Crippen LogP contribution is -3.14. The highest BCUT2D eigenvalue weighted by molar-refractivity contribution is 7.92. The maximum absolute atomic E-state index is 13.3. The van der Waals surface area contributed by atoms with Gasteiger partial charge in [0.05, 0.1) is 35.2 Å². The van der Waals surface area contributed by atoms with Crippen molar-refractivity contribution in [3.8, 4) is 0 Å². The molecule has 8 heteroatoms. The van der Waals surface area contributed by atoms with E-state index in [2.05, 4.69) is 0 Å². The predicted octanol–water partition coefficient (Wildman–Crippen LogP) is 2.62. The summed E-state index contributed by atoms with van der Waals surface area (Å²) in [7, 11) is -3.91. The van der Waals surface area contributed by atoms with E-state index in [1.54, 1.807) is 30.3 Å². The summed E-state index contributed by atoms with van der Waals surface area (Å²) in [5, 5.41) is 11.3. The van der Waals surface area contributed by atoms with Crippen LogP contribution in [-0.4, -0.2) is 45.8 Å². The van der Waals surface area contributed by atoms with Crippen molar-refractivity contribution in [2.75, 3.05) is 30.5 Å². The molecular weight excluding hydrogens is 419 g/mol. The van der Waals surface area contributed by atoms with Gasteiger partial charge in [0, 0.05) is 5.02 Å². The van der Waals surface area contributed by atoms with Crippen molar-refractivity contribution in [1.82, 2.24) is 0 Å². The van der Waals surface area contributed by atoms with Gasteiger partial charge < -0.3 is 10.0 Å². The zero-order chi connectivity index (χ0) is 20.1. The number of aliphatic hydroxyl groups excluding tert-OH is 1. The molecule has 0 aliphatic carbocycles. The second kappa shape index (κ2) is 9.46. The average Bonchev–Trinajstić information content (AvgIpc) is 2.69. The lowest BCUT2D eigenvalue weighted by atomic mass is 10.1. The Balaban J connectivity index is 1.91. The topological polar surface area (TPSA) is 62.0 Å². The lowest BCUT2D eigenvalue weighted by Gasteiger charge is -2.30. The normalized spacial score (nSPS) is 16.7. The molecule has 2 aromatic carbocycles. The summed E-state index contributed by atoms with van der Waals surface area (Å²) in [5.41, 5.74) is 0.269. The molecule has 152 valence electrons. The molecule has 1 aliphatic rings. The van der Waals surface area contributed by atoms with Gasteiger partial charge >= 0.3 is 0 Å². The highest BCUT2D eigenvalue weighted by Crippen LogP contribution is 2.33. The number of rotatable bonds is 7. The second-order valence-corrected chi connectivity index (χ2v) is 9.82. The molecule has 0 aromatic heterocycles. The first-order chi connectivity index (χ1) is 13.4. The highest BCUT2D eigenvalue weighted by Gasteiger charge is 2.30. The fraction of sp³-hybridized carbons (Fsp3) is 0.400. The third-order valence-corrected chi connectivity index (χ3v) is 7.32. The van der Waals surface area contributed by atoms with Gasteiger partial charge in [0.15, 0.2) is 0 Å². The van der Waals surface area contributed by atoms with Crippen LogP contribution in [-0.2, 0) is 10.0 Å². The summed E-state index contributed by atoms with van der Waals surface area (Å²) >= 11 is 12.4. The zero-order valence-electron chi connectivity index (χ0n) is 15.5. The number of aliphatic hydroxyl groups is 1. The number of hydrogen-bond donors (Lipinski definition) is 2. The Morgan fingerprint density at radius 1 is 1.04 bits per heavy atom. The largest absolute Gasteiger partial charge is 0.385 e. The summed E-state index contributed by atoms with van der Waals surface area (Å²) in [5.74, 6) is 0. The van der Waals surface area contributed by atoms with Gasteiger partial charge in [0.25, 0.3) is 10.0 Å². The van der Waals surface area contributed by atoms with E-state index in [0.29, 0.717) is 11.6 Å². The first-order valence-electron chi connectivity index (χ1n) is 9.42. The van der Waals surface area contributed by atoms with Gasteiger partial charge in [-0.1, -0.05) is 41.4 Å². The summed E-state index contributed by atoms with van der Waals surface area (Å²) in [6.45, 7) is 2.42. The standard InChI is InChI=1S/C20H24Cl2N2O3S/c21-16-9-10-19(22)20(13-16)24(28(26,27)18-7-3-1-4-8-18)15-17(25)14-23-11-5-2-6-12-23/h1,3-4,7-10,13,17,25H,2,5-6,11-12,14-15H2/p+1/t17-/m0/s1. The molecule has 1 fully saturated rings. The van der Waals surface area contributed by atoms with Crippen LogP contribution < -0.4 is 9.21 Å².